The van der Waals surface area contributed by atoms with Gasteiger partial charge in [-0.25, -0.2) is 4.98 Å². The normalized spacial score (nSPS) is 18.7. The lowest BCUT2D eigenvalue weighted by Crippen LogP contribution is -2.26. The fraction of sp³-hybridized carbons (Fsp3) is 0.458. The van der Waals surface area contributed by atoms with E-state index in [2.05, 4.69) is 31.2 Å². The monoisotopic (exact) mass is 459 g/mol. The van der Waals surface area contributed by atoms with Crippen molar-refractivity contribution in [3.63, 3.8) is 0 Å². The van der Waals surface area contributed by atoms with Crippen LogP contribution in [0.25, 0.3) is 22.2 Å². The van der Waals surface area contributed by atoms with Gasteiger partial charge in [0.1, 0.15) is 17.1 Å². The molecule has 0 bridgehead atoms. The minimum atomic E-state index is -0.735. The predicted molar refractivity (Wildman–Crippen MR) is 128 cm³/mol. The Morgan fingerprint density at radius 3 is 2.59 bits per heavy atom. The van der Waals surface area contributed by atoms with Crippen LogP contribution >= 0.6 is 0 Å². The molecule has 0 amide bonds. The quantitative estimate of drug-likeness (QED) is 0.465. The molecule has 1 aliphatic rings. The summed E-state index contributed by atoms with van der Waals surface area (Å²) in [4.78, 5) is 4.53. The molecule has 0 spiro atoms. The highest BCUT2D eigenvalue weighted by Gasteiger charge is 2.28. The third-order valence-electron chi connectivity index (χ3n) is 6.52. The molecule has 10 nitrogen and oxygen atoms in total. The van der Waals surface area contributed by atoms with E-state index in [4.69, 9.17) is 9.84 Å². The van der Waals surface area contributed by atoms with Gasteiger partial charge in [0.2, 0.25) is 0 Å². The smallest absolute Gasteiger partial charge is 0.157 e. The molecule has 34 heavy (non-hydrogen) atoms. The van der Waals surface area contributed by atoms with Gasteiger partial charge in [-0.3, -0.25) is 14.0 Å². The Kier molecular flexibility index (Phi) is 5.48. The minimum absolute atomic E-state index is 0.183. The van der Waals surface area contributed by atoms with Gasteiger partial charge in [-0.2, -0.15) is 20.6 Å². The second-order valence-electron chi connectivity index (χ2n) is 9.37. The van der Waals surface area contributed by atoms with E-state index in [1.54, 1.807) is 21.8 Å². The number of nitriles is 1. The molecule has 0 unspecified atom stereocenters. The number of aromatic nitrogens is 7. The summed E-state index contributed by atoms with van der Waals surface area (Å²) in [6.45, 7) is 3.68. The Balaban J connectivity index is 1.44. The van der Waals surface area contributed by atoms with Gasteiger partial charge in [-0.1, -0.05) is 0 Å². The predicted octanol–water partition coefficient (Wildman–Crippen LogP) is 3.89. The third-order valence-corrected chi connectivity index (χ3v) is 6.52. The van der Waals surface area contributed by atoms with Gasteiger partial charge in [0, 0.05) is 43.5 Å². The van der Waals surface area contributed by atoms with E-state index >= 15 is 0 Å². The van der Waals surface area contributed by atoms with Crippen molar-refractivity contribution in [3.8, 4) is 23.1 Å². The topological polar surface area (TPSA) is 111 Å². The van der Waals surface area contributed by atoms with Crippen LogP contribution in [-0.2, 0) is 12.6 Å². The molecule has 0 radical (unpaired) electrons. The third kappa shape index (κ3) is 3.98. The van der Waals surface area contributed by atoms with Gasteiger partial charge in [0.25, 0.3) is 0 Å². The number of aryl methyl sites for hydroxylation is 1. The molecule has 0 saturated heterocycles. The standard InChI is InChI=1S/C24H29N9O/c1-24(2,15-25)32-13-16(10-29-32)23-20-12-27-22(26-3)9-21(20)33(30-23)17-5-7-18(8-6-17)34-19-11-28-31(4)14-19/h9-14,17-18H,5-8H2,1-4H3,(H,26,27)/t17-,18+. The van der Waals surface area contributed by atoms with Gasteiger partial charge in [0.05, 0.1) is 42.3 Å². The Bertz CT molecular complexity index is 1350. The summed E-state index contributed by atoms with van der Waals surface area (Å²) in [5, 5.41) is 27.3. The summed E-state index contributed by atoms with van der Waals surface area (Å²) >= 11 is 0. The average Bonchev–Trinajstić information content (AvgIpc) is 3.58. The Morgan fingerprint density at radius 1 is 1.12 bits per heavy atom. The van der Waals surface area contributed by atoms with Gasteiger partial charge in [0.15, 0.2) is 5.75 Å². The molecular weight excluding hydrogens is 430 g/mol. The van der Waals surface area contributed by atoms with Crippen molar-refractivity contribution < 1.29 is 4.74 Å². The number of pyridine rings is 1. The summed E-state index contributed by atoms with van der Waals surface area (Å²) in [6, 6.07) is 4.61. The lowest BCUT2D eigenvalue weighted by atomic mass is 9.93. The maximum atomic E-state index is 9.48. The summed E-state index contributed by atoms with van der Waals surface area (Å²) in [7, 11) is 3.76. The summed E-state index contributed by atoms with van der Waals surface area (Å²) in [6.07, 6.45) is 13.2. The summed E-state index contributed by atoms with van der Waals surface area (Å²) in [5.74, 6) is 1.62. The molecule has 4 aromatic rings. The molecule has 10 heteroatoms. The highest BCUT2D eigenvalue weighted by molar-refractivity contribution is 5.93. The van der Waals surface area contributed by atoms with Crippen LogP contribution in [0.3, 0.4) is 0 Å². The SMILES string of the molecule is CNc1cc2c(cn1)c(-c1cnn(C(C)(C)C#N)c1)nn2[C@H]1CC[C@@H](Oc2cnn(C)c2)CC1. The lowest BCUT2D eigenvalue weighted by Gasteiger charge is -2.29. The first-order chi connectivity index (χ1) is 16.4. The maximum Gasteiger partial charge on any atom is 0.157 e. The van der Waals surface area contributed by atoms with Crippen LogP contribution in [0.5, 0.6) is 5.75 Å². The van der Waals surface area contributed by atoms with E-state index in [9.17, 15) is 5.26 Å². The molecule has 5 rings (SSSR count). The highest BCUT2D eigenvalue weighted by Crippen LogP contribution is 2.36. The molecule has 0 atom stereocenters. The Hall–Kier alpha value is -3.87. The number of ether oxygens (including phenoxy) is 1. The van der Waals surface area contributed by atoms with E-state index in [1.165, 1.54) is 0 Å². The second-order valence-corrected chi connectivity index (χ2v) is 9.37. The molecule has 1 fully saturated rings. The van der Waals surface area contributed by atoms with Crippen molar-refractivity contribution in [3.05, 3.63) is 37.1 Å². The van der Waals surface area contributed by atoms with E-state index < -0.39 is 5.54 Å². The van der Waals surface area contributed by atoms with E-state index in [1.807, 2.05) is 52.6 Å². The first kappa shape index (κ1) is 21.9. The largest absolute Gasteiger partial charge is 0.487 e. The number of hydrogen-bond acceptors (Lipinski definition) is 7. The molecule has 1 saturated carbocycles. The second kappa shape index (κ2) is 8.48. The van der Waals surface area contributed by atoms with E-state index in [0.717, 1.165) is 59.4 Å². The summed E-state index contributed by atoms with van der Waals surface area (Å²) in [5.41, 5.74) is 2.01. The lowest BCUT2D eigenvalue weighted by molar-refractivity contribution is 0.131. The van der Waals surface area contributed by atoms with Crippen LogP contribution in [0.2, 0.25) is 0 Å². The maximum absolute atomic E-state index is 9.48. The molecule has 0 aromatic carbocycles. The van der Waals surface area contributed by atoms with Crippen molar-refractivity contribution in [1.82, 2.24) is 34.3 Å². The Morgan fingerprint density at radius 2 is 1.91 bits per heavy atom. The first-order valence-electron chi connectivity index (χ1n) is 11.6. The number of nitrogens with zero attached hydrogens (tertiary/aromatic N) is 8. The fourth-order valence-corrected chi connectivity index (χ4v) is 4.52. The molecule has 4 heterocycles. The first-order valence-corrected chi connectivity index (χ1v) is 11.6. The van der Waals surface area contributed by atoms with Crippen molar-refractivity contribution in [1.29, 1.82) is 5.26 Å². The fourth-order valence-electron chi connectivity index (χ4n) is 4.52. The van der Waals surface area contributed by atoms with Crippen LogP contribution < -0.4 is 10.1 Å². The zero-order valence-electron chi connectivity index (χ0n) is 19.9. The van der Waals surface area contributed by atoms with Crippen molar-refractivity contribution in [2.75, 3.05) is 12.4 Å². The van der Waals surface area contributed by atoms with Crippen LogP contribution in [0.15, 0.2) is 37.1 Å². The van der Waals surface area contributed by atoms with E-state index in [0.29, 0.717) is 0 Å². The van der Waals surface area contributed by atoms with Gasteiger partial charge in [-0.15, -0.1) is 0 Å². The number of anilines is 1. The number of nitrogens with one attached hydrogen (secondary N) is 1. The van der Waals surface area contributed by atoms with Gasteiger partial charge in [-0.05, 0) is 39.5 Å². The number of rotatable bonds is 6. The molecule has 1 aliphatic carbocycles. The molecule has 0 aliphatic heterocycles. The molecular formula is C24H29N9O. The van der Waals surface area contributed by atoms with Crippen molar-refractivity contribution in [2.24, 2.45) is 7.05 Å². The molecule has 176 valence electrons. The van der Waals surface area contributed by atoms with Gasteiger partial charge < -0.3 is 10.1 Å². The minimum Gasteiger partial charge on any atom is -0.487 e. The van der Waals surface area contributed by atoms with Crippen LogP contribution in [0.4, 0.5) is 5.82 Å². The zero-order valence-corrected chi connectivity index (χ0v) is 19.9. The number of hydrogen-bond donors (Lipinski definition) is 1. The van der Waals surface area contributed by atoms with Crippen LogP contribution in [-0.4, -0.2) is 47.5 Å². The number of fused-ring (bicyclic) bond motifs is 1. The zero-order chi connectivity index (χ0) is 23.9. The Labute approximate surface area is 198 Å². The summed E-state index contributed by atoms with van der Waals surface area (Å²) < 4.78 is 11.7. The van der Waals surface area contributed by atoms with Crippen molar-refractivity contribution in [2.45, 2.75) is 57.2 Å². The average molecular weight is 460 g/mol. The van der Waals surface area contributed by atoms with Gasteiger partial charge >= 0.3 is 0 Å². The van der Waals surface area contributed by atoms with Crippen LogP contribution in [0, 0.1) is 11.3 Å². The van der Waals surface area contributed by atoms with Crippen molar-refractivity contribution >= 4 is 16.7 Å². The van der Waals surface area contributed by atoms with Crippen LogP contribution in [0.1, 0.15) is 45.6 Å². The molecule has 1 N–H and O–H groups in total. The highest BCUT2D eigenvalue weighted by atomic mass is 16.5. The van der Waals surface area contributed by atoms with E-state index in [-0.39, 0.29) is 12.1 Å². The molecule has 4 aromatic heterocycles.